The highest BCUT2D eigenvalue weighted by molar-refractivity contribution is 7.91. The second-order valence-corrected chi connectivity index (χ2v) is 7.88. The molecule has 1 aromatic rings. The number of hydrogen-bond donors (Lipinski definition) is 1. The van der Waals surface area contributed by atoms with Gasteiger partial charge in [0, 0.05) is 6.04 Å². The molecule has 7 heteroatoms. The van der Waals surface area contributed by atoms with Gasteiger partial charge in [-0.3, -0.25) is 9.59 Å². The Morgan fingerprint density at radius 2 is 2.00 bits per heavy atom. The first kappa shape index (κ1) is 17.5. The van der Waals surface area contributed by atoms with Crippen LogP contribution in [0.3, 0.4) is 0 Å². The van der Waals surface area contributed by atoms with E-state index in [1.165, 1.54) is 0 Å². The lowest BCUT2D eigenvalue weighted by atomic mass is 9.97. The molecular formula is C16H21NO5S. The highest BCUT2D eigenvalue weighted by Gasteiger charge is 2.29. The molecule has 1 heterocycles. The molecule has 1 amide bonds. The van der Waals surface area contributed by atoms with E-state index in [2.05, 4.69) is 5.32 Å². The molecular weight excluding hydrogens is 318 g/mol. The van der Waals surface area contributed by atoms with Gasteiger partial charge in [-0.15, -0.1) is 0 Å². The van der Waals surface area contributed by atoms with Crippen molar-refractivity contribution < 1.29 is 22.7 Å². The fraction of sp³-hybridized carbons (Fsp3) is 0.500. The van der Waals surface area contributed by atoms with E-state index < -0.39 is 34.2 Å². The molecule has 126 valence electrons. The zero-order valence-corrected chi connectivity index (χ0v) is 13.8. The number of benzene rings is 1. The molecule has 1 aliphatic heterocycles. The number of amides is 1. The van der Waals surface area contributed by atoms with Gasteiger partial charge in [0.25, 0.3) is 5.91 Å². The van der Waals surface area contributed by atoms with Crippen molar-refractivity contribution in [1.82, 2.24) is 5.32 Å². The third kappa shape index (κ3) is 5.06. The quantitative estimate of drug-likeness (QED) is 0.782. The Kier molecular flexibility index (Phi) is 5.76. The Hall–Kier alpha value is -1.89. The van der Waals surface area contributed by atoms with E-state index in [9.17, 15) is 18.0 Å². The monoisotopic (exact) mass is 339 g/mol. The SMILES string of the molecule is CC[C@@H](C(=O)OCC(=O)N[C@@H]1CCS(=O)(=O)C1)c1ccccc1. The van der Waals surface area contributed by atoms with Gasteiger partial charge in [-0.05, 0) is 18.4 Å². The lowest BCUT2D eigenvalue weighted by Gasteiger charge is -2.15. The van der Waals surface area contributed by atoms with Gasteiger partial charge in [0.2, 0.25) is 0 Å². The van der Waals surface area contributed by atoms with Crippen LogP contribution in [0, 0.1) is 0 Å². The van der Waals surface area contributed by atoms with E-state index in [1.54, 1.807) is 0 Å². The van der Waals surface area contributed by atoms with Crippen LogP contribution in [0.4, 0.5) is 0 Å². The molecule has 1 aromatic carbocycles. The van der Waals surface area contributed by atoms with Crippen LogP contribution in [0.2, 0.25) is 0 Å². The van der Waals surface area contributed by atoms with Crippen molar-refractivity contribution in [2.45, 2.75) is 31.7 Å². The minimum Gasteiger partial charge on any atom is -0.455 e. The summed E-state index contributed by atoms with van der Waals surface area (Å²) in [6.07, 6.45) is 0.981. The van der Waals surface area contributed by atoms with Crippen molar-refractivity contribution in [3.63, 3.8) is 0 Å². The first-order chi connectivity index (χ1) is 10.9. The normalized spacial score (nSPS) is 20.7. The van der Waals surface area contributed by atoms with Crippen molar-refractivity contribution in [2.75, 3.05) is 18.1 Å². The van der Waals surface area contributed by atoms with Crippen molar-refractivity contribution in [1.29, 1.82) is 0 Å². The second-order valence-electron chi connectivity index (χ2n) is 5.65. The highest BCUT2D eigenvalue weighted by Crippen LogP contribution is 2.20. The number of sulfone groups is 1. The van der Waals surface area contributed by atoms with Crippen LogP contribution in [0.25, 0.3) is 0 Å². The minimum atomic E-state index is -3.05. The van der Waals surface area contributed by atoms with E-state index in [0.29, 0.717) is 12.8 Å². The molecule has 23 heavy (non-hydrogen) atoms. The highest BCUT2D eigenvalue weighted by atomic mass is 32.2. The Balaban J connectivity index is 1.82. The molecule has 0 spiro atoms. The molecule has 1 aliphatic rings. The first-order valence-electron chi connectivity index (χ1n) is 7.62. The molecule has 1 saturated heterocycles. The fourth-order valence-corrected chi connectivity index (χ4v) is 4.31. The van der Waals surface area contributed by atoms with Crippen LogP contribution in [0.15, 0.2) is 30.3 Å². The molecule has 6 nitrogen and oxygen atoms in total. The van der Waals surface area contributed by atoms with E-state index in [4.69, 9.17) is 4.74 Å². The summed E-state index contributed by atoms with van der Waals surface area (Å²) in [4.78, 5) is 23.9. The Labute approximate surface area is 136 Å². The maximum atomic E-state index is 12.1. The lowest BCUT2D eigenvalue weighted by Crippen LogP contribution is -2.38. The molecule has 2 atom stereocenters. The summed E-state index contributed by atoms with van der Waals surface area (Å²) in [7, 11) is -3.05. The second kappa shape index (κ2) is 7.59. The number of hydrogen-bond acceptors (Lipinski definition) is 5. The Morgan fingerprint density at radius 1 is 1.30 bits per heavy atom. The molecule has 1 N–H and O–H groups in total. The Bertz CT molecular complexity index is 656. The first-order valence-corrected chi connectivity index (χ1v) is 9.45. The fourth-order valence-electron chi connectivity index (χ4n) is 2.64. The standard InChI is InChI=1S/C16H21NO5S/c1-2-14(12-6-4-3-5-7-12)16(19)22-10-15(18)17-13-8-9-23(20,21)11-13/h3-7,13-14H,2,8-11H2,1H3,(H,17,18)/t13-,14-/m1/s1. The van der Waals surface area contributed by atoms with Gasteiger partial charge < -0.3 is 10.1 Å². The number of carbonyl (C=O) groups is 2. The van der Waals surface area contributed by atoms with Crippen LogP contribution in [0.1, 0.15) is 31.2 Å². The molecule has 0 saturated carbocycles. The number of rotatable bonds is 6. The predicted octanol–water partition coefficient (Wildman–Crippen LogP) is 1.03. The Morgan fingerprint density at radius 3 is 2.57 bits per heavy atom. The topological polar surface area (TPSA) is 89.5 Å². The van der Waals surface area contributed by atoms with Crippen molar-refractivity contribution in [3.8, 4) is 0 Å². The van der Waals surface area contributed by atoms with Gasteiger partial charge in [-0.2, -0.15) is 0 Å². The molecule has 2 rings (SSSR count). The van der Waals surface area contributed by atoms with Crippen molar-refractivity contribution in [2.24, 2.45) is 0 Å². The average Bonchev–Trinajstić information content (AvgIpc) is 2.86. The van der Waals surface area contributed by atoms with Crippen LogP contribution < -0.4 is 5.32 Å². The number of nitrogens with one attached hydrogen (secondary N) is 1. The number of carbonyl (C=O) groups excluding carboxylic acids is 2. The largest absolute Gasteiger partial charge is 0.455 e. The number of ether oxygens (including phenoxy) is 1. The molecule has 0 aromatic heterocycles. The molecule has 0 radical (unpaired) electrons. The third-order valence-electron chi connectivity index (χ3n) is 3.84. The van der Waals surface area contributed by atoms with Crippen molar-refractivity contribution >= 4 is 21.7 Å². The maximum absolute atomic E-state index is 12.1. The maximum Gasteiger partial charge on any atom is 0.313 e. The van der Waals surface area contributed by atoms with Gasteiger partial charge in [0.1, 0.15) is 0 Å². The lowest BCUT2D eigenvalue weighted by molar-refractivity contribution is -0.150. The molecule has 0 aliphatic carbocycles. The summed E-state index contributed by atoms with van der Waals surface area (Å²) in [5, 5.41) is 2.59. The van der Waals surface area contributed by atoms with E-state index in [0.717, 1.165) is 5.56 Å². The molecule has 0 unspecified atom stereocenters. The zero-order valence-electron chi connectivity index (χ0n) is 13.0. The van der Waals surface area contributed by atoms with Crippen LogP contribution in [-0.2, 0) is 24.2 Å². The van der Waals surface area contributed by atoms with Gasteiger partial charge >= 0.3 is 5.97 Å². The average molecular weight is 339 g/mol. The number of esters is 1. The summed E-state index contributed by atoms with van der Waals surface area (Å²) in [5.41, 5.74) is 0.849. The summed E-state index contributed by atoms with van der Waals surface area (Å²) in [6.45, 7) is 1.49. The van der Waals surface area contributed by atoms with E-state index >= 15 is 0 Å². The van der Waals surface area contributed by atoms with Gasteiger partial charge in [0.15, 0.2) is 16.4 Å². The smallest absolute Gasteiger partial charge is 0.313 e. The van der Waals surface area contributed by atoms with E-state index in [1.807, 2.05) is 37.3 Å². The van der Waals surface area contributed by atoms with Gasteiger partial charge in [-0.1, -0.05) is 37.3 Å². The van der Waals surface area contributed by atoms with Crippen LogP contribution in [0.5, 0.6) is 0 Å². The summed E-state index contributed by atoms with van der Waals surface area (Å²) in [6, 6.07) is 8.86. The van der Waals surface area contributed by atoms with E-state index in [-0.39, 0.29) is 17.5 Å². The third-order valence-corrected chi connectivity index (χ3v) is 5.61. The summed E-state index contributed by atoms with van der Waals surface area (Å²) < 4.78 is 27.7. The van der Waals surface area contributed by atoms with Crippen LogP contribution >= 0.6 is 0 Å². The van der Waals surface area contributed by atoms with Gasteiger partial charge in [-0.25, -0.2) is 8.42 Å². The predicted molar refractivity (Wildman–Crippen MR) is 85.6 cm³/mol. The van der Waals surface area contributed by atoms with Crippen molar-refractivity contribution in [3.05, 3.63) is 35.9 Å². The van der Waals surface area contributed by atoms with Gasteiger partial charge in [0.05, 0.1) is 17.4 Å². The summed E-state index contributed by atoms with van der Waals surface area (Å²) in [5.74, 6) is -1.29. The molecule has 1 fully saturated rings. The summed E-state index contributed by atoms with van der Waals surface area (Å²) >= 11 is 0. The zero-order chi connectivity index (χ0) is 16.9. The molecule has 0 bridgehead atoms. The minimum absolute atomic E-state index is 0.0473. The van der Waals surface area contributed by atoms with Crippen LogP contribution in [-0.4, -0.2) is 44.4 Å².